The summed E-state index contributed by atoms with van der Waals surface area (Å²) < 4.78 is 7.00. The molecule has 118 valence electrons. The highest BCUT2D eigenvalue weighted by Crippen LogP contribution is 2.24. The van der Waals surface area contributed by atoms with Gasteiger partial charge in [-0.2, -0.15) is 0 Å². The Balaban J connectivity index is 2.07. The number of hydrogen-bond donors (Lipinski definition) is 1. The van der Waals surface area contributed by atoms with Crippen LogP contribution in [-0.4, -0.2) is 50.3 Å². The monoisotopic (exact) mass is 374 g/mol. The first-order valence-electron chi connectivity index (χ1n) is 7.57. The summed E-state index contributed by atoms with van der Waals surface area (Å²) in [5, 5.41) is 4.44. The Morgan fingerprint density at radius 1 is 1.52 bits per heavy atom. The van der Waals surface area contributed by atoms with Crippen molar-refractivity contribution in [2.24, 2.45) is 0 Å². The van der Waals surface area contributed by atoms with E-state index in [2.05, 4.69) is 46.2 Å². The van der Waals surface area contributed by atoms with Crippen molar-refractivity contribution >= 4 is 27.5 Å². The van der Waals surface area contributed by atoms with Crippen LogP contribution in [0.5, 0.6) is 0 Å². The highest BCUT2D eigenvalue weighted by Gasteiger charge is 2.27. The Labute approximate surface area is 141 Å². The van der Waals surface area contributed by atoms with Crippen molar-refractivity contribution < 1.29 is 4.74 Å². The number of nitrogens with one attached hydrogen (secondary N) is 1. The van der Waals surface area contributed by atoms with Crippen LogP contribution in [0.4, 0.5) is 0 Å². The van der Waals surface area contributed by atoms with Crippen LogP contribution in [0.25, 0.3) is 0 Å². The van der Waals surface area contributed by atoms with E-state index < -0.39 is 0 Å². The van der Waals surface area contributed by atoms with E-state index in [1.54, 1.807) is 0 Å². The molecular weight excluding hydrogens is 352 g/mol. The molecule has 1 N–H and O–H groups in total. The van der Waals surface area contributed by atoms with Crippen molar-refractivity contribution in [3.05, 3.63) is 33.3 Å². The minimum Gasteiger partial charge on any atom is -0.374 e. The maximum Gasteiger partial charge on any atom is 0.0858 e. The summed E-state index contributed by atoms with van der Waals surface area (Å²) in [7, 11) is 2.15. The van der Waals surface area contributed by atoms with Gasteiger partial charge in [0.2, 0.25) is 0 Å². The fourth-order valence-corrected chi connectivity index (χ4v) is 3.39. The minimum absolute atomic E-state index is 0.218. The molecule has 1 saturated heterocycles. The van der Waals surface area contributed by atoms with Gasteiger partial charge in [-0.25, -0.2) is 0 Å². The van der Waals surface area contributed by atoms with E-state index in [1.165, 1.54) is 5.56 Å². The number of morpholine rings is 1. The molecule has 0 saturated carbocycles. The molecule has 0 aromatic heterocycles. The van der Waals surface area contributed by atoms with Crippen LogP contribution in [0, 0.1) is 0 Å². The third-order valence-electron chi connectivity index (χ3n) is 3.86. The molecule has 1 aromatic rings. The highest BCUT2D eigenvalue weighted by atomic mass is 79.9. The quantitative estimate of drug-likeness (QED) is 0.825. The fraction of sp³-hybridized carbons (Fsp3) is 0.625. The van der Waals surface area contributed by atoms with Crippen molar-refractivity contribution in [2.45, 2.75) is 31.9 Å². The molecule has 5 heteroatoms. The van der Waals surface area contributed by atoms with E-state index in [-0.39, 0.29) is 6.10 Å². The van der Waals surface area contributed by atoms with Crippen LogP contribution < -0.4 is 5.32 Å². The SMILES string of the molecule is CCCNC(Cc1ccc(Br)cc1Cl)C1CN(C)CCO1. The fourth-order valence-electron chi connectivity index (χ4n) is 2.64. The number of halogens is 2. The molecule has 1 heterocycles. The van der Waals surface area contributed by atoms with Gasteiger partial charge in [-0.15, -0.1) is 0 Å². The van der Waals surface area contributed by atoms with Gasteiger partial charge >= 0.3 is 0 Å². The highest BCUT2D eigenvalue weighted by molar-refractivity contribution is 9.10. The summed E-state index contributed by atoms with van der Waals surface area (Å²) in [6.07, 6.45) is 2.23. The predicted molar refractivity (Wildman–Crippen MR) is 92.2 cm³/mol. The molecule has 21 heavy (non-hydrogen) atoms. The van der Waals surface area contributed by atoms with Gasteiger partial charge in [0.25, 0.3) is 0 Å². The maximum atomic E-state index is 6.37. The van der Waals surface area contributed by atoms with Crippen LogP contribution in [0.1, 0.15) is 18.9 Å². The molecule has 1 aromatic carbocycles. The van der Waals surface area contributed by atoms with E-state index in [4.69, 9.17) is 16.3 Å². The van der Waals surface area contributed by atoms with Crippen LogP contribution >= 0.6 is 27.5 Å². The molecule has 2 rings (SSSR count). The summed E-state index contributed by atoms with van der Waals surface area (Å²) in [6, 6.07) is 6.40. The summed E-state index contributed by atoms with van der Waals surface area (Å²) in [4.78, 5) is 2.33. The van der Waals surface area contributed by atoms with E-state index in [0.717, 1.165) is 48.6 Å². The number of rotatable bonds is 6. The van der Waals surface area contributed by atoms with Crippen molar-refractivity contribution in [2.75, 3.05) is 33.3 Å². The van der Waals surface area contributed by atoms with Gasteiger partial charge in [0, 0.05) is 28.6 Å². The largest absolute Gasteiger partial charge is 0.374 e. The molecule has 1 aliphatic rings. The van der Waals surface area contributed by atoms with Crippen molar-refractivity contribution in [1.29, 1.82) is 0 Å². The normalized spacial score (nSPS) is 21.4. The number of nitrogens with zero attached hydrogens (tertiary/aromatic N) is 1. The number of likely N-dealkylation sites (N-methyl/N-ethyl adjacent to an activating group) is 1. The second-order valence-corrected chi connectivity index (χ2v) is 6.99. The molecule has 1 fully saturated rings. The third-order valence-corrected chi connectivity index (χ3v) is 4.70. The van der Waals surface area contributed by atoms with Crippen LogP contribution in [0.2, 0.25) is 5.02 Å². The lowest BCUT2D eigenvalue weighted by atomic mass is 9.99. The van der Waals surface area contributed by atoms with Gasteiger partial charge in [0.1, 0.15) is 0 Å². The standard InChI is InChI=1S/C16H24BrClN2O/c1-3-6-19-15(16-11-20(2)7-8-21-16)9-12-4-5-13(17)10-14(12)18/h4-5,10,15-16,19H,3,6-9,11H2,1-2H3. The molecule has 0 radical (unpaired) electrons. The Kier molecular flexibility index (Phi) is 6.96. The van der Waals surface area contributed by atoms with E-state index in [9.17, 15) is 0 Å². The van der Waals surface area contributed by atoms with E-state index in [1.807, 2.05) is 12.1 Å². The van der Waals surface area contributed by atoms with Crippen LogP contribution in [0.15, 0.2) is 22.7 Å². The molecular formula is C16H24BrClN2O. The number of hydrogen-bond acceptors (Lipinski definition) is 3. The first-order valence-corrected chi connectivity index (χ1v) is 8.74. The first kappa shape index (κ1) is 17.2. The van der Waals surface area contributed by atoms with Crippen molar-refractivity contribution in [3.8, 4) is 0 Å². The van der Waals surface area contributed by atoms with Gasteiger partial charge in [-0.05, 0) is 44.1 Å². The van der Waals surface area contributed by atoms with Crippen molar-refractivity contribution in [3.63, 3.8) is 0 Å². The van der Waals surface area contributed by atoms with E-state index in [0.29, 0.717) is 6.04 Å². The topological polar surface area (TPSA) is 24.5 Å². The molecule has 2 atom stereocenters. The third kappa shape index (κ3) is 5.22. The number of ether oxygens (including phenoxy) is 1. The average molecular weight is 376 g/mol. The second kappa shape index (κ2) is 8.49. The Morgan fingerprint density at radius 2 is 2.33 bits per heavy atom. The predicted octanol–water partition coefficient (Wildman–Crippen LogP) is 3.34. The molecule has 2 unspecified atom stereocenters. The van der Waals surface area contributed by atoms with Gasteiger partial charge in [-0.1, -0.05) is 40.5 Å². The Bertz CT molecular complexity index is 458. The summed E-state index contributed by atoms with van der Waals surface area (Å²) in [5.74, 6) is 0. The zero-order chi connectivity index (χ0) is 15.2. The lowest BCUT2D eigenvalue weighted by Gasteiger charge is -2.36. The maximum absolute atomic E-state index is 6.37. The Hall–Kier alpha value is -0.130. The van der Waals surface area contributed by atoms with Crippen molar-refractivity contribution in [1.82, 2.24) is 10.2 Å². The Morgan fingerprint density at radius 3 is 3.00 bits per heavy atom. The van der Waals surface area contributed by atoms with E-state index >= 15 is 0 Å². The molecule has 0 bridgehead atoms. The van der Waals surface area contributed by atoms with Crippen LogP contribution in [-0.2, 0) is 11.2 Å². The zero-order valence-corrected chi connectivity index (χ0v) is 15.1. The first-order chi connectivity index (χ1) is 10.1. The molecule has 0 aliphatic carbocycles. The zero-order valence-electron chi connectivity index (χ0n) is 12.7. The molecule has 3 nitrogen and oxygen atoms in total. The van der Waals surface area contributed by atoms with Crippen LogP contribution in [0.3, 0.4) is 0 Å². The van der Waals surface area contributed by atoms with Gasteiger partial charge < -0.3 is 15.0 Å². The number of benzene rings is 1. The summed E-state index contributed by atoms with van der Waals surface area (Å²) in [6.45, 7) is 5.97. The minimum atomic E-state index is 0.218. The molecule has 0 spiro atoms. The van der Waals surface area contributed by atoms with Gasteiger partial charge in [-0.3, -0.25) is 0 Å². The summed E-state index contributed by atoms with van der Waals surface area (Å²) >= 11 is 9.82. The lowest BCUT2D eigenvalue weighted by molar-refractivity contribution is -0.0383. The van der Waals surface area contributed by atoms with Gasteiger partial charge in [0.05, 0.1) is 12.7 Å². The average Bonchev–Trinajstić information content (AvgIpc) is 2.45. The second-order valence-electron chi connectivity index (χ2n) is 5.67. The smallest absolute Gasteiger partial charge is 0.0858 e. The van der Waals surface area contributed by atoms with Gasteiger partial charge in [0.15, 0.2) is 0 Å². The molecule has 0 amide bonds. The molecule has 1 aliphatic heterocycles. The lowest BCUT2D eigenvalue weighted by Crippen LogP contribution is -2.52. The summed E-state index contributed by atoms with van der Waals surface area (Å²) in [5.41, 5.74) is 1.17.